The van der Waals surface area contributed by atoms with E-state index in [-0.39, 0.29) is 55.7 Å². The van der Waals surface area contributed by atoms with E-state index in [1.807, 2.05) is 0 Å². The fourth-order valence-electron chi connectivity index (χ4n) is 4.16. The molecule has 168 valence electrons. The number of likely N-dealkylation sites (tertiary alicyclic amines) is 1. The minimum absolute atomic E-state index is 0.0325. The molecule has 1 N–H and O–H groups in total. The monoisotopic (exact) mass is 414 g/mol. The summed E-state index contributed by atoms with van der Waals surface area (Å²) in [6, 6.07) is -0.148. The van der Waals surface area contributed by atoms with Crippen molar-refractivity contribution in [1.82, 2.24) is 4.90 Å². The Balaban J connectivity index is 1.66. The Kier molecular flexibility index (Phi) is 8.75. The second-order valence-corrected chi connectivity index (χ2v) is 8.69. The van der Waals surface area contributed by atoms with Crippen LogP contribution >= 0.6 is 0 Å². The molecule has 7 atom stereocenters. The third-order valence-corrected chi connectivity index (χ3v) is 6.46. The van der Waals surface area contributed by atoms with Crippen LogP contribution in [0.1, 0.15) is 68.1 Å². The Morgan fingerprint density at radius 1 is 1.17 bits per heavy atom. The van der Waals surface area contributed by atoms with Gasteiger partial charge in [-0.2, -0.15) is 0 Å². The van der Waals surface area contributed by atoms with Gasteiger partial charge in [0.05, 0.1) is 12.2 Å². The van der Waals surface area contributed by atoms with Gasteiger partial charge in [-0.25, -0.2) is 0 Å². The summed E-state index contributed by atoms with van der Waals surface area (Å²) in [7, 11) is 0. The molecule has 0 aromatic carbocycles. The Morgan fingerprint density at radius 2 is 1.93 bits per heavy atom. The van der Waals surface area contributed by atoms with Crippen molar-refractivity contribution in [2.75, 3.05) is 19.8 Å². The van der Waals surface area contributed by atoms with E-state index in [9.17, 15) is 14.7 Å². The van der Waals surface area contributed by atoms with E-state index in [2.05, 4.69) is 20.8 Å². The molecule has 0 aliphatic carbocycles. The van der Waals surface area contributed by atoms with Gasteiger partial charge in [0.25, 0.3) is 0 Å². The number of aliphatic hydroxyl groups is 1. The van der Waals surface area contributed by atoms with Crippen LogP contribution < -0.4 is 0 Å². The second-order valence-electron chi connectivity index (χ2n) is 8.69. The average Bonchev–Trinajstić information content (AvgIpc) is 3.10. The predicted octanol–water partition coefficient (Wildman–Crippen LogP) is 2.74. The molecule has 2 aliphatic heterocycles. The number of ether oxygens (including phenoxy) is 3. The maximum Gasteiger partial charge on any atom is 0.302 e. The zero-order valence-electron chi connectivity index (χ0n) is 19.3. The Labute approximate surface area is 176 Å². The van der Waals surface area contributed by atoms with Crippen molar-refractivity contribution in [2.24, 2.45) is 17.8 Å². The zero-order chi connectivity index (χ0) is 22.3. The van der Waals surface area contributed by atoms with Crippen LogP contribution in [-0.2, 0) is 23.8 Å². The van der Waals surface area contributed by atoms with Crippen LogP contribution in [0.2, 0.25) is 0 Å². The van der Waals surface area contributed by atoms with Crippen molar-refractivity contribution in [2.45, 2.75) is 91.2 Å². The molecule has 0 aromatic rings. The number of carbonyl (C=O) groups is 2. The van der Waals surface area contributed by atoms with Crippen LogP contribution in [0.3, 0.4) is 0 Å². The third kappa shape index (κ3) is 6.93. The van der Waals surface area contributed by atoms with Gasteiger partial charge in [-0.3, -0.25) is 9.59 Å². The first-order valence-electron chi connectivity index (χ1n) is 11.6. The molecule has 1 amide bonds. The average molecular weight is 415 g/mol. The van der Waals surface area contributed by atoms with E-state index in [1.54, 1.807) is 4.90 Å². The number of esters is 1. The van der Waals surface area contributed by atoms with Crippen LogP contribution in [0.25, 0.3) is 0 Å². The molecule has 0 saturated carbocycles. The van der Waals surface area contributed by atoms with Crippen molar-refractivity contribution < 1.29 is 30.3 Å². The number of β-amino-alcohol motifs (C(OH)–C–C–N with tert-alkyl or cyclic N) is 1. The van der Waals surface area contributed by atoms with Gasteiger partial charge in [0.2, 0.25) is 5.91 Å². The number of unbranched alkanes of at least 4 members (excludes halogenated alkanes) is 2. The van der Waals surface area contributed by atoms with Gasteiger partial charge in [0.15, 0.2) is 6.29 Å². The van der Waals surface area contributed by atoms with E-state index in [0.717, 1.165) is 19.3 Å². The quantitative estimate of drug-likeness (QED) is 0.461. The van der Waals surface area contributed by atoms with Gasteiger partial charge in [-0.05, 0) is 38.0 Å². The Hall–Kier alpha value is -1.18. The summed E-state index contributed by atoms with van der Waals surface area (Å²) in [5.74, 6) is 0.648. The van der Waals surface area contributed by atoms with E-state index in [4.69, 9.17) is 15.6 Å². The molecule has 2 unspecified atom stereocenters. The summed E-state index contributed by atoms with van der Waals surface area (Å²) >= 11 is 0. The third-order valence-electron chi connectivity index (χ3n) is 6.46. The molecule has 0 radical (unpaired) electrons. The highest BCUT2D eigenvalue weighted by Gasteiger charge is 2.40. The molecular formula is C22H39NO6. The zero-order valence-corrected chi connectivity index (χ0v) is 18.3. The SMILES string of the molecule is [2H]C[C@@H]1C[C@@H](O)CN1C(=O)CCCCCO[C@@H]1OC(COC(C)=O)[C@H](C)[C@H](C)C1C. The van der Waals surface area contributed by atoms with E-state index >= 15 is 0 Å². The van der Waals surface area contributed by atoms with Crippen LogP contribution in [0, 0.1) is 17.8 Å². The lowest BCUT2D eigenvalue weighted by Gasteiger charge is -2.43. The number of carbonyl (C=O) groups excluding carboxylic acids is 2. The number of nitrogens with zero attached hydrogens (tertiary/aromatic N) is 1. The lowest BCUT2D eigenvalue weighted by molar-refractivity contribution is -0.255. The Bertz CT molecular complexity index is 562. The first-order valence-corrected chi connectivity index (χ1v) is 10.9. The van der Waals surface area contributed by atoms with Gasteiger partial charge in [-0.1, -0.05) is 27.2 Å². The highest BCUT2D eigenvalue weighted by atomic mass is 16.7. The van der Waals surface area contributed by atoms with E-state index in [0.29, 0.717) is 31.9 Å². The first kappa shape index (κ1) is 22.5. The molecule has 7 nitrogen and oxygen atoms in total. The van der Waals surface area contributed by atoms with Crippen molar-refractivity contribution in [1.29, 1.82) is 0 Å². The van der Waals surface area contributed by atoms with Gasteiger partial charge in [-0.15, -0.1) is 0 Å². The topological polar surface area (TPSA) is 85.3 Å². The highest BCUT2D eigenvalue weighted by Crippen LogP contribution is 2.35. The summed E-state index contributed by atoms with van der Waals surface area (Å²) in [5, 5.41) is 9.72. The standard InChI is InChI=1S/C22H39NO6/c1-14-11-19(25)12-23(14)21(26)9-7-6-8-10-27-22-17(4)15(2)16(3)20(29-22)13-28-18(5)24/h14-17,19-20,22,25H,6-13H2,1-5H3/t14-,15+,16-,17?,19-,20?,22-/m1/s1/i1D. The number of amides is 1. The smallest absolute Gasteiger partial charge is 0.302 e. The van der Waals surface area contributed by atoms with Crippen molar-refractivity contribution in [3.05, 3.63) is 0 Å². The number of hydrogen-bond acceptors (Lipinski definition) is 6. The summed E-state index contributed by atoms with van der Waals surface area (Å²) in [4.78, 5) is 25.1. The van der Waals surface area contributed by atoms with Crippen molar-refractivity contribution >= 4 is 11.9 Å². The highest BCUT2D eigenvalue weighted by molar-refractivity contribution is 5.76. The van der Waals surface area contributed by atoms with Gasteiger partial charge >= 0.3 is 5.97 Å². The van der Waals surface area contributed by atoms with E-state index < -0.39 is 6.10 Å². The fraction of sp³-hybridized carbons (Fsp3) is 0.909. The summed E-state index contributed by atoms with van der Waals surface area (Å²) in [6.07, 6.45) is 2.45. The van der Waals surface area contributed by atoms with E-state index in [1.165, 1.54) is 6.92 Å². The maximum atomic E-state index is 12.3. The normalized spacial score (nSPS) is 35.4. The van der Waals surface area contributed by atoms with Crippen LogP contribution in [-0.4, -0.2) is 66.2 Å². The summed E-state index contributed by atoms with van der Waals surface area (Å²) < 4.78 is 24.7. The molecule has 2 heterocycles. The fourth-order valence-corrected chi connectivity index (χ4v) is 4.16. The van der Waals surface area contributed by atoms with Gasteiger partial charge < -0.3 is 24.2 Å². The van der Waals surface area contributed by atoms with Gasteiger partial charge in [0, 0.05) is 39.8 Å². The summed E-state index contributed by atoms with van der Waals surface area (Å²) in [6.45, 7) is 9.13. The molecule has 7 heteroatoms. The number of rotatable bonds is 9. The number of aliphatic hydroxyl groups excluding tert-OH is 1. The predicted molar refractivity (Wildman–Crippen MR) is 109 cm³/mol. The Morgan fingerprint density at radius 3 is 2.62 bits per heavy atom. The molecule has 2 fully saturated rings. The molecule has 2 saturated heterocycles. The summed E-state index contributed by atoms with van der Waals surface area (Å²) in [5.41, 5.74) is 0. The molecule has 2 aliphatic rings. The molecule has 2 rings (SSSR count). The molecule has 29 heavy (non-hydrogen) atoms. The first-order chi connectivity index (χ1) is 14.2. The lowest BCUT2D eigenvalue weighted by Crippen LogP contribution is -2.47. The molecule has 0 spiro atoms. The van der Waals surface area contributed by atoms with Gasteiger partial charge in [0.1, 0.15) is 6.61 Å². The molecule has 0 aromatic heterocycles. The van der Waals surface area contributed by atoms with Crippen molar-refractivity contribution in [3.63, 3.8) is 0 Å². The van der Waals surface area contributed by atoms with Crippen LogP contribution in [0.5, 0.6) is 0 Å². The van der Waals surface area contributed by atoms with Crippen LogP contribution in [0.15, 0.2) is 0 Å². The minimum atomic E-state index is -0.495. The minimum Gasteiger partial charge on any atom is -0.463 e. The lowest BCUT2D eigenvalue weighted by atomic mass is 9.79. The maximum absolute atomic E-state index is 12.3. The molecular weight excluding hydrogens is 374 g/mol. The van der Waals surface area contributed by atoms with Crippen LogP contribution in [0.4, 0.5) is 0 Å². The second kappa shape index (κ2) is 11.3. The molecule has 0 bridgehead atoms. The van der Waals surface area contributed by atoms with Crippen molar-refractivity contribution in [3.8, 4) is 0 Å². The number of hydrogen-bond donors (Lipinski definition) is 1. The largest absolute Gasteiger partial charge is 0.463 e.